The third kappa shape index (κ3) is 4.35. The first-order valence-corrected chi connectivity index (χ1v) is 7.46. The van der Waals surface area contributed by atoms with Crippen LogP contribution < -0.4 is 10.1 Å². The van der Waals surface area contributed by atoms with E-state index in [1.54, 1.807) is 4.68 Å². The number of aryl methyl sites for hydroxylation is 1. The summed E-state index contributed by atoms with van der Waals surface area (Å²) < 4.78 is 8.54. The number of hydrogen-bond acceptors (Lipinski definition) is 3. The molecule has 0 aliphatic heterocycles. The largest absolute Gasteiger partial charge is 0.488 e. The Labute approximate surface area is 128 Å². The smallest absolute Gasteiger partial charge is 0.134 e. The number of rotatable bonds is 6. The molecule has 1 aromatic heterocycles. The standard InChI is InChI=1S/C15H20BrN3O/c1-11(2)17-7-12-4-5-15(14(16)6-12)20-10-13-8-18-19(3)9-13/h4-6,8-9,11,17H,7,10H2,1-3H3. The molecule has 2 aromatic rings. The maximum atomic E-state index is 5.80. The summed E-state index contributed by atoms with van der Waals surface area (Å²) in [6.45, 7) is 5.66. The molecule has 108 valence electrons. The van der Waals surface area contributed by atoms with Gasteiger partial charge in [-0.15, -0.1) is 0 Å². The molecular formula is C15H20BrN3O. The summed E-state index contributed by atoms with van der Waals surface area (Å²) in [5.41, 5.74) is 2.30. The summed E-state index contributed by atoms with van der Waals surface area (Å²) in [5, 5.41) is 7.52. The first-order valence-electron chi connectivity index (χ1n) is 6.66. The molecule has 20 heavy (non-hydrogen) atoms. The summed E-state index contributed by atoms with van der Waals surface area (Å²) in [6, 6.07) is 6.65. The van der Waals surface area contributed by atoms with Crippen molar-refractivity contribution in [2.75, 3.05) is 0 Å². The predicted octanol–water partition coefficient (Wildman–Crippen LogP) is 3.26. The normalized spacial score (nSPS) is 11.1. The summed E-state index contributed by atoms with van der Waals surface area (Å²) in [7, 11) is 1.90. The SMILES string of the molecule is CC(C)NCc1ccc(OCc2cnn(C)c2)c(Br)c1. The molecule has 1 aromatic carbocycles. The van der Waals surface area contributed by atoms with Gasteiger partial charge in [-0.25, -0.2) is 0 Å². The molecule has 4 nitrogen and oxygen atoms in total. The molecule has 0 unspecified atom stereocenters. The van der Waals surface area contributed by atoms with E-state index in [-0.39, 0.29) is 0 Å². The van der Waals surface area contributed by atoms with E-state index in [4.69, 9.17) is 4.74 Å². The van der Waals surface area contributed by atoms with Crippen molar-refractivity contribution in [2.24, 2.45) is 7.05 Å². The van der Waals surface area contributed by atoms with Gasteiger partial charge in [-0.05, 0) is 33.6 Å². The van der Waals surface area contributed by atoms with Crippen LogP contribution in [0.5, 0.6) is 5.75 Å². The fourth-order valence-corrected chi connectivity index (χ4v) is 2.34. The molecule has 5 heteroatoms. The highest BCUT2D eigenvalue weighted by atomic mass is 79.9. The zero-order valence-electron chi connectivity index (χ0n) is 12.1. The third-order valence-electron chi connectivity index (χ3n) is 2.86. The van der Waals surface area contributed by atoms with Gasteiger partial charge in [-0.1, -0.05) is 19.9 Å². The molecule has 0 fully saturated rings. The van der Waals surface area contributed by atoms with Crippen LogP contribution in [-0.2, 0) is 20.2 Å². The lowest BCUT2D eigenvalue weighted by Gasteiger charge is -2.11. The summed E-state index contributed by atoms with van der Waals surface area (Å²) >= 11 is 3.56. The van der Waals surface area contributed by atoms with Gasteiger partial charge < -0.3 is 10.1 Å². The Morgan fingerprint density at radius 1 is 1.35 bits per heavy atom. The zero-order chi connectivity index (χ0) is 14.5. The summed E-state index contributed by atoms with van der Waals surface area (Å²) in [6.07, 6.45) is 3.77. The highest BCUT2D eigenvalue weighted by Crippen LogP contribution is 2.26. The van der Waals surface area contributed by atoms with E-state index < -0.39 is 0 Å². The second-order valence-corrected chi connectivity index (χ2v) is 5.97. The van der Waals surface area contributed by atoms with Gasteiger partial charge in [0.2, 0.25) is 0 Å². The average molecular weight is 338 g/mol. The Kier molecular flexibility index (Phi) is 5.20. The molecule has 0 atom stereocenters. The molecular weight excluding hydrogens is 318 g/mol. The van der Waals surface area contributed by atoms with Crippen LogP contribution >= 0.6 is 15.9 Å². The van der Waals surface area contributed by atoms with E-state index in [9.17, 15) is 0 Å². The molecule has 0 aliphatic rings. The van der Waals surface area contributed by atoms with Crippen molar-refractivity contribution in [1.82, 2.24) is 15.1 Å². The lowest BCUT2D eigenvalue weighted by molar-refractivity contribution is 0.304. The number of aromatic nitrogens is 2. The third-order valence-corrected chi connectivity index (χ3v) is 3.48. The Balaban J connectivity index is 1.95. The Morgan fingerprint density at radius 3 is 2.75 bits per heavy atom. The van der Waals surface area contributed by atoms with E-state index in [2.05, 4.69) is 52.3 Å². The molecule has 0 saturated carbocycles. The molecule has 0 amide bonds. The highest BCUT2D eigenvalue weighted by Gasteiger charge is 2.05. The van der Waals surface area contributed by atoms with Gasteiger partial charge in [0, 0.05) is 31.4 Å². The van der Waals surface area contributed by atoms with Crippen LogP contribution in [0.2, 0.25) is 0 Å². The number of halogens is 1. The predicted molar refractivity (Wildman–Crippen MR) is 83.7 cm³/mol. The summed E-state index contributed by atoms with van der Waals surface area (Å²) in [4.78, 5) is 0. The van der Waals surface area contributed by atoms with Crippen molar-refractivity contribution in [1.29, 1.82) is 0 Å². The molecule has 2 rings (SSSR count). The van der Waals surface area contributed by atoms with Gasteiger partial charge in [0.15, 0.2) is 0 Å². The van der Waals surface area contributed by atoms with Gasteiger partial charge in [0.25, 0.3) is 0 Å². The van der Waals surface area contributed by atoms with Crippen LogP contribution in [0.25, 0.3) is 0 Å². The minimum Gasteiger partial charge on any atom is -0.488 e. The van der Waals surface area contributed by atoms with E-state index in [1.807, 2.05) is 25.5 Å². The maximum Gasteiger partial charge on any atom is 0.134 e. The number of benzene rings is 1. The quantitative estimate of drug-likeness (QED) is 0.879. The van der Waals surface area contributed by atoms with E-state index in [0.717, 1.165) is 22.3 Å². The fourth-order valence-electron chi connectivity index (χ4n) is 1.80. The van der Waals surface area contributed by atoms with Crippen LogP contribution in [0.1, 0.15) is 25.0 Å². The second-order valence-electron chi connectivity index (χ2n) is 5.11. The van der Waals surface area contributed by atoms with Crippen molar-refractivity contribution < 1.29 is 4.74 Å². The lowest BCUT2D eigenvalue weighted by Crippen LogP contribution is -2.21. The lowest BCUT2D eigenvalue weighted by atomic mass is 10.2. The Hall–Kier alpha value is -1.33. The van der Waals surface area contributed by atoms with Gasteiger partial charge in [-0.2, -0.15) is 5.10 Å². The molecule has 1 N–H and O–H groups in total. The van der Waals surface area contributed by atoms with E-state index >= 15 is 0 Å². The average Bonchev–Trinajstić information content (AvgIpc) is 2.81. The Bertz CT molecular complexity index is 566. The van der Waals surface area contributed by atoms with Crippen molar-refractivity contribution in [3.05, 3.63) is 46.2 Å². The minimum absolute atomic E-state index is 0.482. The fraction of sp³-hybridized carbons (Fsp3) is 0.400. The van der Waals surface area contributed by atoms with Crippen LogP contribution in [-0.4, -0.2) is 15.8 Å². The van der Waals surface area contributed by atoms with Crippen LogP contribution in [0.15, 0.2) is 35.1 Å². The van der Waals surface area contributed by atoms with Gasteiger partial charge in [-0.3, -0.25) is 4.68 Å². The highest BCUT2D eigenvalue weighted by molar-refractivity contribution is 9.10. The molecule has 0 saturated heterocycles. The number of hydrogen-bond donors (Lipinski definition) is 1. The molecule has 1 heterocycles. The van der Waals surface area contributed by atoms with Gasteiger partial charge in [0.05, 0.1) is 10.7 Å². The van der Waals surface area contributed by atoms with Crippen molar-refractivity contribution in [3.63, 3.8) is 0 Å². The zero-order valence-corrected chi connectivity index (χ0v) is 13.6. The van der Waals surface area contributed by atoms with Crippen molar-refractivity contribution in [2.45, 2.75) is 33.0 Å². The van der Waals surface area contributed by atoms with E-state index in [1.165, 1.54) is 5.56 Å². The monoisotopic (exact) mass is 337 g/mol. The molecule has 0 radical (unpaired) electrons. The van der Waals surface area contributed by atoms with Crippen molar-refractivity contribution >= 4 is 15.9 Å². The summed E-state index contributed by atoms with van der Waals surface area (Å²) in [5.74, 6) is 0.849. The number of nitrogens with zero attached hydrogens (tertiary/aromatic N) is 2. The minimum atomic E-state index is 0.482. The molecule has 0 spiro atoms. The van der Waals surface area contributed by atoms with Crippen LogP contribution in [0, 0.1) is 0 Å². The van der Waals surface area contributed by atoms with Crippen molar-refractivity contribution in [3.8, 4) is 5.75 Å². The first kappa shape index (κ1) is 15.1. The molecule has 0 bridgehead atoms. The topological polar surface area (TPSA) is 39.1 Å². The molecule has 0 aliphatic carbocycles. The number of ether oxygens (including phenoxy) is 1. The first-order chi connectivity index (χ1) is 9.54. The van der Waals surface area contributed by atoms with Crippen LogP contribution in [0.3, 0.4) is 0 Å². The van der Waals surface area contributed by atoms with E-state index in [0.29, 0.717) is 12.6 Å². The maximum absolute atomic E-state index is 5.80. The van der Waals surface area contributed by atoms with Gasteiger partial charge in [0.1, 0.15) is 12.4 Å². The Morgan fingerprint density at radius 2 is 2.15 bits per heavy atom. The number of nitrogens with one attached hydrogen (secondary N) is 1. The van der Waals surface area contributed by atoms with Gasteiger partial charge >= 0.3 is 0 Å². The van der Waals surface area contributed by atoms with Crippen LogP contribution in [0.4, 0.5) is 0 Å². The second kappa shape index (κ2) is 6.90.